The summed E-state index contributed by atoms with van der Waals surface area (Å²) in [6.07, 6.45) is 0. The molecular weight excluding hydrogens is 412 g/mol. The first-order valence-corrected chi connectivity index (χ1v) is 11.3. The number of aryl methyl sites for hydroxylation is 1. The Hall–Kier alpha value is -3.44. The SMILES string of the molecule is Cc1ccccc1C(=O)N[C@H](C(=O)NCc1ccccc1COCc1ccccc1)C(C)C. The summed E-state index contributed by atoms with van der Waals surface area (Å²) < 4.78 is 5.88. The predicted molar refractivity (Wildman–Crippen MR) is 130 cm³/mol. The number of hydrogen-bond acceptors (Lipinski definition) is 3. The van der Waals surface area contributed by atoms with E-state index in [4.69, 9.17) is 4.74 Å². The van der Waals surface area contributed by atoms with Crippen molar-refractivity contribution in [3.8, 4) is 0 Å². The molecule has 0 heterocycles. The second-order valence-corrected chi connectivity index (χ2v) is 8.47. The topological polar surface area (TPSA) is 67.4 Å². The highest BCUT2D eigenvalue weighted by Gasteiger charge is 2.25. The summed E-state index contributed by atoms with van der Waals surface area (Å²) >= 11 is 0. The molecule has 33 heavy (non-hydrogen) atoms. The summed E-state index contributed by atoms with van der Waals surface area (Å²) in [5.74, 6) is -0.494. The van der Waals surface area contributed by atoms with Crippen molar-refractivity contribution >= 4 is 11.8 Å². The number of carbonyl (C=O) groups is 2. The van der Waals surface area contributed by atoms with Crippen LogP contribution in [0.5, 0.6) is 0 Å². The molecule has 3 aromatic carbocycles. The Bertz CT molecular complexity index is 1060. The van der Waals surface area contributed by atoms with Crippen LogP contribution in [0.2, 0.25) is 0 Å². The molecule has 0 aliphatic carbocycles. The lowest BCUT2D eigenvalue weighted by Crippen LogP contribution is -2.49. The minimum atomic E-state index is -0.626. The summed E-state index contributed by atoms with van der Waals surface area (Å²) in [4.78, 5) is 25.7. The van der Waals surface area contributed by atoms with E-state index in [-0.39, 0.29) is 17.7 Å². The first-order chi connectivity index (χ1) is 16.0. The average molecular weight is 445 g/mol. The third-order valence-corrected chi connectivity index (χ3v) is 5.57. The lowest BCUT2D eigenvalue weighted by molar-refractivity contribution is -0.124. The van der Waals surface area contributed by atoms with Crippen LogP contribution in [0.4, 0.5) is 0 Å². The van der Waals surface area contributed by atoms with Gasteiger partial charge in [-0.15, -0.1) is 0 Å². The van der Waals surface area contributed by atoms with Crippen LogP contribution in [0.1, 0.15) is 46.5 Å². The van der Waals surface area contributed by atoms with Gasteiger partial charge < -0.3 is 15.4 Å². The molecule has 0 unspecified atom stereocenters. The minimum Gasteiger partial charge on any atom is -0.372 e. The van der Waals surface area contributed by atoms with Gasteiger partial charge >= 0.3 is 0 Å². The highest BCUT2D eigenvalue weighted by molar-refractivity contribution is 5.98. The van der Waals surface area contributed by atoms with Crippen LogP contribution in [0.25, 0.3) is 0 Å². The van der Waals surface area contributed by atoms with E-state index in [1.165, 1.54) is 0 Å². The summed E-state index contributed by atoms with van der Waals surface area (Å²) in [7, 11) is 0. The maximum atomic E-state index is 13.0. The molecule has 0 aliphatic heterocycles. The first-order valence-electron chi connectivity index (χ1n) is 11.3. The summed E-state index contributed by atoms with van der Waals surface area (Å²) in [6, 6.07) is 24.7. The average Bonchev–Trinajstić information content (AvgIpc) is 2.82. The molecule has 0 spiro atoms. The van der Waals surface area contributed by atoms with Gasteiger partial charge in [0.15, 0.2) is 0 Å². The molecule has 2 N–H and O–H groups in total. The molecule has 5 nitrogen and oxygen atoms in total. The number of hydrogen-bond donors (Lipinski definition) is 2. The predicted octanol–water partition coefficient (Wildman–Crippen LogP) is 4.78. The van der Waals surface area contributed by atoms with Crippen LogP contribution in [-0.2, 0) is 29.3 Å². The van der Waals surface area contributed by atoms with E-state index < -0.39 is 6.04 Å². The van der Waals surface area contributed by atoms with Crippen molar-refractivity contribution in [3.63, 3.8) is 0 Å². The molecule has 0 radical (unpaired) electrons. The zero-order valence-corrected chi connectivity index (χ0v) is 19.5. The van der Waals surface area contributed by atoms with Gasteiger partial charge in [-0.25, -0.2) is 0 Å². The van der Waals surface area contributed by atoms with E-state index in [0.717, 1.165) is 22.3 Å². The number of carbonyl (C=O) groups excluding carboxylic acids is 2. The standard InChI is InChI=1S/C28H32N2O3/c1-20(2)26(30-27(31)25-16-10-7-11-21(25)3)28(32)29-17-23-14-8-9-15-24(23)19-33-18-22-12-5-4-6-13-22/h4-16,20,26H,17-19H2,1-3H3,(H,29,32)(H,30,31)/t26-/m0/s1. The van der Waals surface area contributed by atoms with Crippen molar-refractivity contribution in [2.24, 2.45) is 5.92 Å². The lowest BCUT2D eigenvalue weighted by Gasteiger charge is -2.22. The lowest BCUT2D eigenvalue weighted by atomic mass is 10.0. The maximum Gasteiger partial charge on any atom is 0.252 e. The highest BCUT2D eigenvalue weighted by Crippen LogP contribution is 2.13. The van der Waals surface area contributed by atoms with Crippen molar-refractivity contribution in [1.82, 2.24) is 10.6 Å². The Labute approximate surface area is 196 Å². The van der Waals surface area contributed by atoms with E-state index in [1.54, 1.807) is 6.07 Å². The van der Waals surface area contributed by atoms with E-state index in [2.05, 4.69) is 10.6 Å². The molecule has 3 aromatic rings. The number of amides is 2. The largest absolute Gasteiger partial charge is 0.372 e. The Balaban J connectivity index is 1.59. The molecule has 172 valence electrons. The smallest absolute Gasteiger partial charge is 0.252 e. The molecule has 2 amide bonds. The van der Waals surface area contributed by atoms with Crippen molar-refractivity contribution < 1.29 is 14.3 Å². The molecule has 0 bridgehead atoms. The second-order valence-electron chi connectivity index (χ2n) is 8.47. The van der Waals surface area contributed by atoms with Crippen LogP contribution in [0, 0.1) is 12.8 Å². The van der Waals surface area contributed by atoms with Gasteiger partial charge in [0.2, 0.25) is 5.91 Å². The van der Waals surface area contributed by atoms with Gasteiger partial charge in [-0.05, 0) is 41.2 Å². The van der Waals surface area contributed by atoms with Gasteiger partial charge in [0.1, 0.15) is 6.04 Å². The Morgan fingerprint density at radius 1 is 0.818 bits per heavy atom. The van der Waals surface area contributed by atoms with Gasteiger partial charge in [-0.1, -0.05) is 86.6 Å². The summed E-state index contributed by atoms with van der Waals surface area (Å²) in [5.41, 5.74) is 4.59. The van der Waals surface area contributed by atoms with Crippen LogP contribution >= 0.6 is 0 Å². The van der Waals surface area contributed by atoms with Gasteiger partial charge in [-0.2, -0.15) is 0 Å². The monoisotopic (exact) mass is 444 g/mol. The number of nitrogens with one attached hydrogen (secondary N) is 2. The van der Waals surface area contributed by atoms with E-state index in [0.29, 0.717) is 25.3 Å². The first kappa shape index (κ1) is 24.2. The highest BCUT2D eigenvalue weighted by atomic mass is 16.5. The van der Waals surface area contributed by atoms with Crippen LogP contribution < -0.4 is 10.6 Å². The molecule has 5 heteroatoms. The quantitative estimate of drug-likeness (QED) is 0.473. The molecule has 0 aliphatic rings. The number of benzene rings is 3. The number of ether oxygens (including phenoxy) is 1. The second kappa shape index (κ2) is 12.0. The van der Waals surface area contributed by atoms with Crippen LogP contribution in [-0.4, -0.2) is 17.9 Å². The molecule has 0 saturated heterocycles. The fourth-order valence-corrected chi connectivity index (χ4v) is 3.60. The van der Waals surface area contributed by atoms with Crippen molar-refractivity contribution in [2.45, 2.75) is 46.6 Å². The molecule has 3 rings (SSSR count). The van der Waals surface area contributed by atoms with Crippen molar-refractivity contribution in [3.05, 3.63) is 107 Å². The molecule has 0 saturated carbocycles. The minimum absolute atomic E-state index is 0.0533. The number of rotatable bonds is 10. The third-order valence-electron chi connectivity index (χ3n) is 5.57. The Morgan fingerprint density at radius 3 is 2.15 bits per heavy atom. The molecule has 1 atom stereocenters. The summed E-state index contributed by atoms with van der Waals surface area (Å²) in [5, 5.41) is 5.89. The zero-order valence-electron chi connectivity index (χ0n) is 19.5. The fourth-order valence-electron chi connectivity index (χ4n) is 3.60. The zero-order chi connectivity index (χ0) is 23.6. The summed E-state index contributed by atoms with van der Waals surface area (Å²) in [6.45, 7) is 7.09. The third kappa shape index (κ3) is 7.02. The van der Waals surface area contributed by atoms with E-state index in [1.807, 2.05) is 93.6 Å². The van der Waals surface area contributed by atoms with Gasteiger partial charge in [0.25, 0.3) is 5.91 Å². The van der Waals surface area contributed by atoms with Crippen molar-refractivity contribution in [2.75, 3.05) is 0 Å². The van der Waals surface area contributed by atoms with Crippen LogP contribution in [0.3, 0.4) is 0 Å². The van der Waals surface area contributed by atoms with Crippen LogP contribution in [0.15, 0.2) is 78.9 Å². The Morgan fingerprint density at radius 2 is 1.45 bits per heavy atom. The molecular formula is C28H32N2O3. The molecule has 0 aromatic heterocycles. The Kier molecular flexibility index (Phi) is 8.79. The van der Waals surface area contributed by atoms with E-state index >= 15 is 0 Å². The normalized spacial score (nSPS) is 11.8. The molecule has 0 fully saturated rings. The fraction of sp³-hybridized carbons (Fsp3) is 0.286. The van der Waals surface area contributed by atoms with Gasteiger partial charge in [-0.3, -0.25) is 9.59 Å². The maximum absolute atomic E-state index is 13.0. The van der Waals surface area contributed by atoms with Crippen molar-refractivity contribution in [1.29, 1.82) is 0 Å². The van der Waals surface area contributed by atoms with Gasteiger partial charge in [0.05, 0.1) is 13.2 Å². The van der Waals surface area contributed by atoms with E-state index in [9.17, 15) is 9.59 Å². The van der Waals surface area contributed by atoms with Gasteiger partial charge in [0, 0.05) is 12.1 Å².